The Morgan fingerprint density at radius 3 is 2.35 bits per heavy atom. The lowest BCUT2D eigenvalue weighted by Crippen LogP contribution is -2.43. The van der Waals surface area contributed by atoms with E-state index in [1.165, 1.54) is 5.56 Å². The molecule has 0 fully saturated rings. The molecule has 0 unspecified atom stereocenters. The van der Waals surface area contributed by atoms with E-state index in [0.29, 0.717) is 26.1 Å². The molecule has 23 heavy (non-hydrogen) atoms. The first-order chi connectivity index (χ1) is 10.8. The summed E-state index contributed by atoms with van der Waals surface area (Å²) in [6.45, 7) is 7.54. The molecule has 1 rings (SSSR count). The zero-order valence-electron chi connectivity index (χ0n) is 14.5. The Morgan fingerprint density at radius 2 is 1.78 bits per heavy atom. The molecule has 5 heteroatoms. The molecule has 1 aromatic carbocycles. The van der Waals surface area contributed by atoms with E-state index in [9.17, 15) is 9.59 Å². The van der Waals surface area contributed by atoms with Crippen LogP contribution in [0.3, 0.4) is 0 Å². The summed E-state index contributed by atoms with van der Waals surface area (Å²) in [6, 6.07) is 10.0. The Labute approximate surface area is 139 Å². The van der Waals surface area contributed by atoms with Gasteiger partial charge < -0.3 is 16.0 Å². The van der Waals surface area contributed by atoms with Crippen LogP contribution in [0.2, 0.25) is 0 Å². The number of benzene rings is 1. The van der Waals surface area contributed by atoms with Crippen molar-refractivity contribution in [2.24, 2.45) is 11.1 Å². The van der Waals surface area contributed by atoms with Gasteiger partial charge in [0.2, 0.25) is 11.8 Å². The number of carbonyl (C=O) groups excluding carboxylic acids is 2. The van der Waals surface area contributed by atoms with Crippen molar-refractivity contribution in [1.29, 1.82) is 0 Å². The molecule has 0 saturated heterocycles. The normalized spacial score (nSPS) is 11.1. The molecule has 0 bridgehead atoms. The predicted molar refractivity (Wildman–Crippen MR) is 92.9 cm³/mol. The molecule has 1 aromatic rings. The highest BCUT2D eigenvalue weighted by Crippen LogP contribution is 2.17. The molecule has 0 aliphatic heterocycles. The molecule has 0 aliphatic carbocycles. The van der Waals surface area contributed by atoms with Gasteiger partial charge in [-0.3, -0.25) is 9.59 Å². The summed E-state index contributed by atoms with van der Waals surface area (Å²) in [6.07, 6.45) is 1.18. The first kappa shape index (κ1) is 19.2. The maximum Gasteiger partial charge on any atom is 0.242 e. The summed E-state index contributed by atoms with van der Waals surface area (Å²) in [7, 11) is 0. The molecular formula is C18H29N3O2. The third-order valence-corrected chi connectivity index (χ3v) is 3.39. The summed E-state index contributed by atoms with van der Waals surface area (Å²) in [5.74, 6) is -0.185. The van der Waals surface area contributed by atoms with Crippen molar-refractivity contribution in [2.45, 2.75) is 33.6 Å². The van der Waals surface area contributed by atoms with Gasteiger partial charge in [-0.15, -0.1) is 0 Å². The lowest BCUT2D eigenvalue weighted by atomic mass is 9.92. The fourth-order valence-corrected chi connectivity index (χ4v) is 2.26. The maximum atomic E-state index is 12.3. The van der Waals surface area contributed by atoms with Gasteiger partial charge in [-0.2, -0.15) is 0 Å². The fraction of sp³-hybridized carbons (Fsp3) is 0.556. The van der Waals surface area contributed by atoms with Crippen LogP contribution in [-0.2, 0) is 16.0 Å². The van der Waals surface area contributed by atoms with Crippen molar-refractivity contribution >= 4 is 11.8 Å². The Bertz CT molecular complexity index is 495. The minimum atomic E-state index is -0.0957. The zero-order valence-corrected chi connectivity index (χ0v) is 14.5. The first-order valence-corrected chi connectivity index (χ1v) is 8.10. The van der Waals surface area contributed by atoms with E-state index >= 15 is 0 Å². The average molecular weight is 319 g/mol. The van der Waals surface area contributed by atoms with Crippen molar-refractivity contribution < 1.29 is 9.59 Å². The Kier molecular flexibility index (Phi) is 7.75. The Balaban J connectivity index is 2.46. The van der Waals surface area contributed by atoms with E-state index in [0.717, 1.165) is 6.42 Å². The standard InChI is InChI=1S/C18H29N3O2/c1-18(2,3)13-16(22)20-14-17(23)21(12-10-19)11-9-15-7-5-4-6-8-15/h4-8H,9-14,19H2,1-3H3,(H,20,22). The molecular weight excluding hydrogens is 290 g/mol. The molecule has 0 saturated carbocycles. The van der Waals surface area contributed by atoms with Crippen LogP contribution in [0.25, 0.3) is 0 Å². The second-order valence-electron chi connectivity index (χ2n) is 6.92. The molecule has 0 aromatic heterocycles. The van der Waals surface area contributed by atoms with Crippen molar-refractivity contribution in [3.8, 4) is 0 Å². The third kappa shape index (κ3) is 8.35. The Hall–Kier alpha value is -1.88. The van der Waals surface area contributed by atoms with E-state index in [1.54, 1.807) is 4.90 Å². The summed E-state index contributed by atoms with van der Waals surface area (Å²) in [5.41, 5.74) is 6.69. The summed E-state index contributed by atoms with van der Waals surface area (Å²) >= 11 is 0. The van der Waals surface area contributed by atoms with Crippen molar-refractivity contribution in [2.75, 3.05) is 26.2 Å². The number of nitrogens with two attached hydrogens (primary N) is 1. The second kappa shape index (κ2) is 9.30. The average Bonchev–Trinajstić information content (AvgIpc) is 2.48. The summed E-state index contributed by atoms with van der Waals surface area (Å²) in [5, 5.41) is 2.71. The number of carbonyl (C=O) groups is 2. The lowest BCUT2D eigenvalue weighted by Gasteiger charge is -2.23. The molecule has 0 spiro atoms. The van der Waals surface area contributed by atoms with Gasteiger partial charge in [0.1, 0.15) is 0 Å². The summed E-state index contributed by atoms with van der Waals surface area (Å²) in [4.78, 5) is 25.8. The number of hydrogen-bond acceptors (Lipinski definition) is 3. The molecule has 128 valence electrons. The van der Waals surface area contributed by atoms with Crippen molar-refractivity contribution in [1.82, 2.24) is 10.2 Å². The van der Waals surface area contributed by atoms with Crippen LogP contribution in [0, 0.1) is 5.41 Å². The smallest absolute Gasteiger partial charge is 0.242 e. The van der Waals surface area contributed by atoms with Crippen LogP contribution in [0.15, 0.2) is 30.3 Å². The maximum absolute atomic E-state index is 12.3. The van der Waals surface area contributed by atoms with Crippen molar-refractivity contribution in [3.05, 3.63) is 35.9 Å². The lowest BCUT2D eigenvalue weighted by molar-refractivity contribution is -0.133. The van der Waals surface area contributed by atoms with Gasteiger partial charge >= 0.3 is 0 Å². The zero-order chi connectivity index (χ0) is 17.3. The minimum absolute atomic E-state index is 0.0315. The SMILES string of the molecule is CC(C)(C)CC(=O)NCC(=O)N(CCN)CCc1ccccc1. The Morgan fingerprint density at radius 1 is 1.13 bits per heavy atom. The molecule has 0 atom stereocenters. The largest absolute Gasteiger partial charge is 0.347 e. The number of rotatable bonds is 8. The van der Waals surface area contributed by atoms with E-state index < -0.39 is 0 Å². The van der Waals surface area contributed by atoms with Crippen LogP contribution in [-0.4, -0.2) is 42.9 Å². The van der Waals surface area contributed by atoms with Gasteiger partial charge in [0.05, 0.1) is 6.54 Å². The number of hydrogen-bond donors (Lipinski definition) is 2. The van der Waals surface area contributed by atoms with E-state index in [4.69, 9.17) is 5.73 Å². The highest BCUT2D eigenvalue weighted by Gasteiger charge is 2.18. The molecule has 0 heterocycles. The van der Waals surface area contributed by atoms with Gasteiger partial charge in [0.15, 0.2) is 0 Å². The number of amides is 2. The predicted octanol–water partition coefficient (Wildman–Crippen LogP) is 1.57. The van der Waals surface area contributed by atoms with Crippen LogP contribution >= 0.6 is 0 Å². The van der Waals surface area contributed by atoms with Gasteiger partial charge in [-0.1, -0.05) is 51.1 Å². The second-order valence-corrected chi connectivity index (χ2v) is 6.92. The topological polar surface area (TPSA) is 75.4 Å². The molecule has 0 radical (unpaired) electrons. The highest BCUT2D eigenvalue weighted by atomic mass is 16.2. The van der Waals surface area contributed by atoms with Gasteiger partial charge in [0, 0.05) is 26.1 Å². The fourth-order valence-electron chi connectivity index (χ4n) is 2.26. The molecule has 5 nitrogen and oxygen atoms in total. The number of nitrogens with one attached hydrogen (secondary N) is 1. The van der Waals surface area contributed by atoms with E-state index in [2.05, 4.69) is 5.32 Å². The first-order valence-electron chi connectivity index (χ1n) is 8.10. The quantitative estimate of drug-likeness (QED) is 0.764. The van der Waals surface area contributed by atoms with E-state index in [1.807, 2.05) is 51.1 Å². The van der Waals surface area contributed by atoms with Crippen LogP contribution in [0.1, 0.15) is 32.8 Å². The van der Waals surface area contributed by atoms with E-state index in [-0.39, 0.29) is 23.8 Å². The van der Waals surface area contributed by atoms with Crippen LogP contribution in [0.4, 0.5) is 0 Å². The molecule has 3 N–H and O–H groups in total. The molecule has 2 amide bonds. The monoisotopic (exact) mass is 319 g/mol. The van der Waals surface area contributed by atoms with Gasteiger partial charge in [-0.05, 0) is 17.4 Å². The number of nitrogens with zero attached hydrogens (tertiary/aromatic N) is 1. The van der Waals surface area contributed by atoms with Crippen LogP contribution in [0.5, 0.6) is 0 Å². The summed E-state index contributed by atoms with van der Waals surface area (Å²) < 4.78 is 0. The van der Waals surface area contributed by atoms with Crippen molar-refractivity contribution in [3.63, 3.8) is 0 Å². The minimum Gasteiger partial charge on any atom is -0.347 e. The third-order valence-electron chi connectivity index (χ3n) is 3.39. The highest BCUT2D eigenvalue weighted by molar-refractivity contribution is 5.85. The van der Waals surface area contributed by atoms with Gasteiger partial charge in [-0.25, -0.2) is 0 Å². The molecule has 0 aliphatic rings. The van der Waals surface area contributed by atoms with Crippen LogP contribution < -0.4 is 11.1 Å². The van der Waals surface area contributed by atoms with Gasteiger partial charge in [0.25, 0.3) is 0 Å².